The lowest BCUT2D eigenvalue weighted by atomic mass is 9.88. The number of nitrogens with one attached hydrogen (secondary N) is 2. The Hall–Kier alpha value is -3.47. The Morgan fingerprint density at radius 2 is 1.48 bits per heavy atom. The van der Waals surface area contributed by atoms with Crippen LogP contribution >= 0.6 is 0 Å². The molecule has 0 unspecified atom stereocenters. The average molecular weight is 356 g/mol. The van der Waals surface area contributed by atoms with E-state index in [2.05, 4.69) is 69.3 Å². The smallest absolute Gasteiger partial charge is 0.251 e. The summed E-state index contributed by atoms with van der Waals surface area (Å²) in [5, 5.41) is 13.6. The van der Waals surface area contributed by atoms with E-state index in [1.165, 1.54) is 11.1 Å². The van der Waals surface area contributed by atoms with Crippen LogP contribution in [0, 0.1) is 0 Å². The van der Waals surface area contributed by atoms with Crippen molar-refractivity contribution < 1.29 is 4.79 Å². The van der Waals surface area contributed by atoms with Crippen molar-refractivity contribution in [3.63, 3.8) is 0 Å². The summed E-state index contributed by atoms with van der Waals surface area (Å²) in [7, 11) is 0. The Bertz CT molecular complexity index is 988. The van der Waals surface area contributed by atoms with Gasteiger partial charge in [-0.15, -0.1) is 0 Å². The fraction of sp³-hybridized carbons (Fsp3) is 0.136. The molecule has 0 radical (unpaired) electrons. The van der Waals surface area contributed by atoms with Gasteiger partial charge < -0.3 is 5.32 Å². The summed E-state index contributed by atoms with van der Waals surface area (Å²) in [6, 6.07) is 26.1. The summed E-state index contributed by atoms with van der Waals surface area (Å²) in [6.45, 7) is 0.587. The quantitative estimate of drug-likeness (QED) is 0.550. The first-order valence-corrected chi connectivity index (χ1v) is 9.00. The van der Waals surface area contributed by atoms with Crippen LogP contribution in [0.4, 0.5) is 0 Å². The molecule has 1 amide bonds. The van der Waals surface area contributed by atoms with Crippen molar-refractivity contribution in [1.29, 1.82) is 0 Å². The number of amides is 1. The molecule has 4 aromatic rings. The first-order valence-electron chi connectivity index (χ1n) is 9.00. The Kier molecular flexibility index (Phi) is 4.92. The molecule has 3 aromatic carbocycles. The number of aromatic amines is 1. The molecule has 0 aliphatic carbocycles. The topological polar surface area (TPSA) is 70.7 Å². The van der Waals surface area contributed by atoms with Gasteiger partial charge in [0.15, 0.2) is 0 Å². The zero-order chi connectivity index (χ0) is 18.5. The lowest BCUT2D eigenvalue weighted by Crippen LogP contribution is -2.25. The third-order valence-electron chi connectivity index (χ3n) is 4.70. The predicted molar refractivity (Wildman–Crippen MR) is 106 cm³/mol. The van der Waals surface area contributed by atoms with Gasteiger partial charge in [0.2, 0.25) is 0 Å². The highest BCUT2D eigenvalue weighted by atomic mass is 16.1. The van der Waals surface area contributed by atoms with E-state index in [4.69, 9.17) is 0 Å². The van der Waals surface area contributed by atoms with Crippen molar-refractivity contribution in [2.45, 2.75) is 12.3 Å². The van der Waals surface area contributed by atoms with Gasteiger partial charge in [-0.05, 0) is 35.7 Å². The number of rotatable bonds is 6. The van der Waals surface area contributed by atoms with Crippen molar-refractivity contribution in [1.82, 2.24) is 20.7 Å². The Morgan fingerprint density at radius 3 is 2.15 bits per heavy atom. The van der Waals surface area contributed by atoms with Gasteiger partial charge in [-0.1, -0.05) is 60.7 Å². The monoisotopic (exact) mass is 356 g/mol. The second kappa shape index (κ2) is 7.83. The number of aromatic nitrogens is 3. The molecule has 0 atom stereocenters. The van der Waals surface area contributed by atoms with Gasteiger partial charge >= 0.3 is 0 Å². The summed E-state index contributed by atoms with van der Waals surface area (Å²) in [4.78, 5) is 12.5. The van der Waals surface area contributed by atoms with Gasteiger partial charge in [0.25, 0.3) is 5.91 Å². The maximum atomic E-state index is 12.5. The number of carbonyl (C=O) groups excluding carboxylic acids is 1. The Labute approximate surface area is 157 Å². The number of H-pyrrole nitrogens is 1. The average Bonchev–Trinajstić information content (AvgIpc) is 3.20. The van der Waals surface area contributed by atoms with E-state index in [-0.39, 0.29) is 11.8 Å². The molecule has 2 N–H and O–H groups in total. The van der Waals surface area contributed by atoms with Crippen molar-refractivity contribution in [3.8, 4) is 0 Å². The van der Waals surface area contributed by atoms with E-state index < -0.39 is 0 Å². The number of hydrogen-bond donors (Lipinski definition) is 2. The lowest BCUT2D eigenvalue weighted by Gasteiger charge is -2.18. The van der Waals surface area contributed by atoms with Crippen LogP contribution in [0.2, 0.25) is 0 Å². The van der Waals surface area contributed by atoms with Crippen molar-refractivity contribution >= 4 is 16.9 Å². The third kappa shape index (κ3) is 3.87. The second-order valence-electron chi connectivity index (χ2n) is 6.45. The number of hydrogen-bond acceptors (Lipinski definition) is 3. The molecular formula is C22H20N4O. The molecule has 0 fully saturated rings. The SMILES string of the molecule is O=C(NCCC(c1ccccc1)c1ccccc1)c1ccc2n[nH]nc2c1. The molecular weight excluding hydrogens is 336 g/mol. The molecule has 0 spiro atoms. The molecule has 0 saturated heterocycles. The zero-order valence-electron chi connectivity index (χ0n) is 14.8. The van der Waals surface area contributed by atoms with Crippen molar-refractivity contribution in [3.05, 3.63) is 95.6 Å². The van der Waals surface area contributed by atoms with Gasteiger partial charge in [-0.3, -0.25) is 4.79 Å². The van der Waals surface area contributed by atoms with E-state index >= 15 is 0 Å². The lowest BCUT2D eigenvalue weighted by molar-refractivity contribution is 0.0953. The van der Waals surface area contributed by atoms with E-state index in [1.54, 1.807) is 18.2 Å². The van der Waals surface area contributed by atoms with E-state index in [1.807, 2.05) is 12.1 Å². The van der Waals surface area contributed by atoms with E-state index in [9.17, 15) is 4.79 Å². The summed E-state index contributed by atoms with van der Waals surface area (Å²) < 4.78 is 0. The molecule has 5 nitrogen and oxygen atoms in total. The Morgan fingerprint density at radius 1 is 0.852 bits per heavy atom. The molecule has 0 saturated carbocycles. The molecule has 27 heavy (non-hydrogen) atoms. The van der Waals surface area contributed by atoms with Crippen LogP contribution in [0.5, 0.6) is 0 Å². The van der Waals surface area contributed by atoms with Crippen LogP contribution in [0.15, 0.2) is 78.9 Å². The van der Waals surface area contributed by atoms with Gasteiger partial charge in [0, 0.05) is 18.0 Å². The summed E-state index contributed by atoms with van der Waals surface area (Å²) in [5.74, 6) is 0.144. The van der Waals surface area contributed by atoms with Crippen LogP contribution in [-0.4, -0.2) is 27.9 Å². The van der Waals surface area contributed by atoms with Crippen LogP contribution in [0.25, 0.3) is 11.0 Å². The minimum atomic E-state index is -0.0974. The molecule has 1 heterocycles. The largest absolute Gasteiger partial charge is 0.352 e. The summed E-state index contributed by atoms with van der Waals surface area (Å²) in [6.07, 6.45) is 0.825. The normalized spacial score (nSPS) is 11.0. The predicted octanol–water partition coefficient (Wildman–Crippen LogP) is 3.91. The van der Waals surface area contributed by atoms with Crippen molar-refractivity contribution in [2.24, 2.45) is 0 Å². The number of benzene rings is 3. The molecule has 134 valence electrons. The number of nitrogens with zero attached hydrogens (tertiary/aromatic N) is 2. The number of fused-ring (bicyclic) bond motifs is 1. The van der Waals surface area contributed by atoms with Crippen molar-refractivity contribution in [2.75, 3.05) is 6.54 Å². The van der Waals surface area contributed by atoms with Crippen LogP contribution in [0.1, 0.15) is 33.8 Å². The molecule has 0 aliphatic rings. The fourth-order valence-electron chi connectivity index (χ4n) is 3.31. The van der Waals surface area contributed by atoms with Crippen LogP contribution in [-0.2, 0) is 0 Å². The molecule has 0 aliphatic heterocycles. The summed E-state index contributed by atoms with van der Waals surface area (Å²) >= 11 is 0. The summed E-state index contributed by atoms with van der Waals surface area (Å²) in [5.41, 5.74) is 4.53. The zero-order valence-corrected chi connectivity index (χ0v) is 14.8. The molecule has 4 rings (SSSR count). The molecule has 5 heteroatoms. The Balaban J connectivity index is 1.45. The highest BCUT2D eigenvalue weighted by molar-refractivity contribution is 5.97. The van der Waals surface area contributed by atoms with Crippen LogP contribution in [0.3, 0.4) is 0 Å². The number of carbonyl (C=O) groups is 1. The van der Waals surface area contributed by atoms with Gasteiger partial charge in [0.1, 0.15) is 11.0 Å². The maximum absolute atomic E-state index is 12.5. The first kappa shape index (κ1) is 17.0. The van der Waals surface area contributed by atoms with Crippen LogP contribution < -0.4 is 5.32 Å². The van der Waals surface area contributed by atoms with Gasteiger partial charge in [-0.2, -0.15) is 15.4 Å². The van der Waals surface area contributed by atoms with E-state index in [0.29, 0.717) is 17.6 Å². The standard InChI is InChI=1S/C22H20N4O/c27-22(18-11-12-20-21(15-18)25-26-24-20)23-14-13-19(16-7-3-1-4-8-16)17-9-5-2-6-10-17/h1-12,15,19H,13-14H2,(H,23,27)(H,24,25,26). The maximum Gasteiger partial charge on any atom is 0.251 e. The minimum absolute atomic E-state index is 0.0974. The van der Waals surface area contributed by atoms with Gasteiger partial charge in [0.05, 0.1) is 0 Å². The van der Waals surface area contributed by atoms with Gasteiger partial charge in [-0.25, -0.2) is 0 Å². The third-order valence-corrected chi connectivity index (χ3v) is 4.70. The molecule has 0 bridgehead atoms. The van der Waals surface area contributed by atoms with E-state index in [0.717, 1.165) is 11.9 Å². The second-order valence-corrected chi connectivity index (χ2v) is 6.45. The minimum Gasteiger partial charge on any atom is -0.352 e. The highest BCUT2D eigenvalue weighted by Crippen LogP contribution is 2.27. The highest BCUT2D eigenvalue weighted by Gasteiger charge is 2.15. The molecule has 1 aromatic heterocycles. The first-order chi connectivity index (χ1) is 13.3. The fourth-order valence-corrected chi connectivity index (χ4v) is 3.31.